The summed E-state index contributed by atoms with van der Waals surface area (Å²) in [5, 5.41) is 2.25. The van der Waals surface area contributed by atoms with Crippen molar-refractivity contribution in [1.29, 1.82) is 0 Å². The van der Waals surface area contributed by atoms with Crippen LogP contribution in [0.15, 0.2) is 170 Å². The number of benzene rings is 7. The molecule has 0 bridgehead atoms. The largest absolute Gasteiger partial charge is 0.509 e. The number of pyridine rings is 1. The smallest absolute Gasteiger partial charge is 0.135 e. The minimum absolute atomic E-state index is 0. The number of anilines is 4. The molecule has 0 amide bonds. The fraction of sp³-hybridized carbons (Fsp3) is 0.368. The fourth-order valence-corrected chi connectivity index (χ4v) is 16.3. The van der Waals surface area contributed by atoms with Crippen molar-refractivity contribution in [3.05, 3.63) is 222 Å². The average molecular weight is 1260 g/mol. The van der Waals surface area contributed by atoms with Crippen LogP contribution in [0.5, 0.6) is 11.5 Å². The van der Waals surface area contributed by atoms with Crippen molar-refractivity contribution in [2.24, 2.45) is 21.7 Å². The van der Waals surface area contributed by atoms with Gasteiger partial charge in [-0.1, -0.05) is 212 Å². The van der Waals surface area contributed by atoms with Crippen LogP contribution >= 0.6 is 0 Å². The first kappa shape index (κ1) is 57.4. The molecule has 3 aliphatic rings. The Labute approximate surface area is 504 Å². The molecule has 12 rings (SSSR count). The number of nitrogens with zero attached hydrogens (tertiary/aromatic N) is 4. The number of ether oxygens (including phenoxy) is 1. The maximum atomic E-state index is 7.09. The molecule has 82 heavy (non-hydrogen) atoms. The molecule has 7 aromatic carbocycles. The normalized spacial score (nSPS) is 18.7. The van der Waals surface area contributed by atoms with E-state index in [0.29, 0.717) is 11.5 Å². The monoisotopic (exact) mass is 1260 g/mol. The van der Waals surface area contributed by atoms with Crippen molar-refractivity contribution in [2.45, 2.75) is 157 Å². The van der Waals surface area contributed by atoms with Crippen LogP contribution in [-0.4, -0.2) is 9.55 Å². The summed E-state index contributed by atoms with van der Waals surface area (Å²) in [5.74, 6) is 2.12. The predicted molar refractivity (Wildman–Crippen MR) is 339 cm³/mol. The van der Waals surface area contributed by atoms with E-state index in [0.717, 1.165) is 88.8 Å². The molecule has 5 nitrogen and oxygen atoms in total. The van der Waals surface area contributed by atoms with Crippen molar-refractivity contribution >= 4 is 44.6 Å². The molecule has 1 aliphatic heterocycles. The van der Waals surface area contributed by atoms with Crippen LogP contribution in [-0.2, 0) is 42.7 Å². The minimum atomic E-state index is -0.306. The minimum Gasteiger partial charge on any atom is -0.509 e. The second kappa shape index (κ2) is 20.4. The molecule has 6 heteroatoms. The SMILES string of the molecule is CC1(C)CC(C)(C)CC(c2ccccc2)(c2cccc(C3(c4ccccc4)CC(C)(C)CC(C)(C)C3)c2N2[CH-]N(c3[c-]c(Oc4[c-]c5c(cc4)c4ccccc4n5-c4cc(C(C)(C)C)ccn4)cc(C(C)(C)C)c3)c3ccccc32)C1.[Pt]. The zero-order valence-corrected chi connectivity index (χ0v) is 53.3. The molecule has 0 spiro atoms. The van der Waals surface area contributed by atoms with E-state index in [4.69, 9.17) is 9.72 Å². The molecule has 2 aromatic heterocycles. The first-order valence-electron chi connectivity index (χ1n) is 29.7. The quantitative estimate of drug-likeness (QED) is 0.135. The summed E-state index contributed by atoms with van der Waals surface area (Å²) in [6, 6.07) is 68.9. The first-order chi connectivity index (χ1) is 38.2. The number of fused-ring (bicyclic) bond motifs is 4. The van der Waals surface area contributed by atoms with Gasteiger partial charge in [-0.05, 0) is 135 Å². The van der Waals surface area contributed by atoms with E-state index in [1.807, 2.05) is 6.20 Å². The van der Waals surface area contributed by atoms with Crippen LogP contribution < -0.4 is 14.5 Å². The van der Waals surface area contributed by atoms with Gasteiger partial charge in [-0.2, -0.15) is 6.07 Å². The van der Waals surface area contributed by atoms with Gasteiger partial charge in [-0.3, -0.25) is 0 Å². The maximum Gasteiger partial charge on any atom is 0.135 e. The third-order valence-electron chi connectivity index (χ3n) is 18.2. The summed E-state index contributed by atoms with van der Waals surface area (Å²) in [6.45, 7) is 36.1. The third-order valence-corrected chi connectivity index (χ3v) is 18.2. The zero-order valence-electron chi connectivity index (χ0n) is 51.0. The Morgan fingerprint density at radius 2 is 0.988 bits per heavy atom. The summed E-state index contributed by atoms with van der Waals surface area (Å²) in [7, 11) is 0. The molecule has 0 saturated heterocycles. The van der Waals surface area contributed by atoms with Gasteiger partial charge < -0.3 is 19.1 Å². The number of aromatic nitrogens is 2. The molecule has 0 N–H and O–H groups in total. The van der Waals surface area contributed by atoms with Gasteiger partial charge in [0.15, 0.2) is 0 Å². The Kier molecular flexibility index (Phi) is 14.3. The second-order valence-electron chi connectivity index (χ2n) is 29.7. The van der Waals surface area contributed by atoms with Crippen LogP contribution in [0.1, 0.15) is 169 Å². The van der Waals surface area contributed by atoms with E-state index in [9.17, 15) is 0 Å². The average Bonchev–Trinajstić information content (AvgIpc) is 3.70. The number of rotatable bonds is 9. The van der Waals surface area contributed by atoms with Gasteiger partial charge in [-0.25, -0.2) is 4.98 Å². The van der Waals surface area contributed by atoms with Gasteiger partial charge in [0.1, 0.15) is 5.82 Å². The topological polar surface area (TPSA) is 33.5 Å². The van der Waals surface area contributed by atoms with Crippen molar-refractivity contribution < 1.29 is 25.8 Å². The Morgan fingerprint density at radius 1 is 0.476 bits per heavy atom. The molecule has 2 saturated carbocycles. The van der Waals surface area contributed by atoms with Gasteiger partial charge in [0.2, 0.25) is 0 Å². The van der Waals surface area contributed by atoms with E-state index < -0.39 is 0 Å². The Balaban J connectivity index is 0.00000705. The van der Waals surface area contributed by atoms with Gasteiger partial charge in [0.05, 0.1) is 0 Å². The summed E-state index contributed by atoms with van der Waals surface area (Å²) in [4.78, 5) is 9.94. The van der Waals surface area contributed by atoms with Crippen LogP contribution in [0, 0.1) is 40.5 Å². The van der Waals surface area contributed by atoms with Crippen molar-refractivity contribution in [2.75, 3.05) is 9.80 Å². The van der Waals surface area contributed by atoms with Gasteiger partial charge in [0.25, 0.3) is 0 Å². The van der Waals surface area contributed by atoms with E-state index in [1.165, 1.54) is 33.5 Å². The Hall–Kier alpha value is -6.42. The van der Waals surface area contributed by atoms with Crippen molar-refractivity contribution in [3.63, 3.8) is 0 Å². The molecule has 0 unspecified atom stereocenters. The Morgan fingerprint density at radius 3 is 1.54 bits per heavy atom. The molecule has 0 radical (unpaired) electrons. The molecule has 3 heterocycles. The summed E-state index contributed by atoms with van der Waals surface area (Å²) in [6.07, 6.45) is 8.38. The first-order valence-corrected chi connectivity index (χ1v) is 29.7. The zero-order chi connectivity index (χ0) is 57.1. The van der Waals surface area contributed by atoms with E-state index in [1.54, 1.807) is 0 Å². The van der Waals surface area contributed by atoms with Gasteiger partial charge >= 0.3 is 0 Å². The Bertz CT molecular complexity index is 3700. The number of hydrogen-bond donors (Lipinski definition) is 0. The van der Waals surface area contributed by atoms with E-state index in [2.05, 4.69) is 294 Å². The fourth-order valence-electron chi connectivity index (χ4n) is 16.3. The summed E-state index contributed by atoms with van der Waals surface area (Å²) >= 11 is 0. The standard InChI is InChI=1S/C76H83N4O.Pt/c1-69(2,3)54-38-39-77-67(42-54)80-63-33-22-21-30-59(63)60-37-36-57(44-66(60)80)81-58-41-55(70(4,5)6)40-56(43-58)78-51-79(65-35-24-23-34-64(65)78)68-61(75(52-26-17-15-18-27-52)47-71(7,8)45-72(9,10)48-75)31-25-32-62(68)76(53-28-19-16-20-29-53)49-73(11,12)46-74(13,14)50-76;/h15-42,51H,45-50H2,1-14H3;/q-3;. The van der Waals surface area contributed by atoms with Gasteiger partial charge in [0, 0.05) is 72.2 Å². The molecule has 2 fully saturated rings. The second-order valence-corrected chi connectivity index (χ2v) is 29.7. The third kappa shape index (κ3) is 10.5. The number of hydrogen-bond acceptors (Lipinski definition) is 4. The van der Waals surface area contributed by atoms with Crippen LogP contribution in [0.3, 0.4) is 0 Å². The summed E-state index contributed by atoms with van der Waals surface area (Å²) < 4.78 is 9.32. The van der Waals surface area contributed by atoms with Gasteiger partial charge in [-0.15, -0.1) is 53.6 Å². The molecule has 0 atom stereocenters. The van der Waals surface area contributed by atoms with Crippen LogP contribution in [0.2, 0.25) is 0 Å². The molecule has 9 aromatic rings. The van der Waals surface area contributed by atoms with Crippen LogP contribution in [0.25, 0.3) is 27.6 Å². The van der Waals surface area contributed by atoms with E-state index in [-0.39, 0.29) is 64.4 Å². The number of para-hydroxylation sites is 4. The summed E-state index contributed by atoms with van der Waals surface area (Å²) in [5.41, 5.74) is 13.8. The molecule has 2 aliphatic carbocycles. The maximum absolute atomic E-state index is 7.09. The van der Waals surface area contributed by atoms with E-state index >= 15 is 0 Å². The molecule has 426 valence electrons. The molecular formula is C76H83N4OPt-3. The van der Waals surface area contributed by atoms with Crippen molar-refractivity contribution in [1.82, 2.24) is 9.55 Å². The predicted octanol–water partition coefficient (Wildman–Crippen LogP) is 20.6. The molecular weight excluding hydrogens is 1180 g/mol. The van der Waals surface area contributed by atoms with Crippen molar-refractivity contribution in [3.8, 4) is 17.3 Å². The van der Waals surface area contributed by atoms with Crippen LogP contribution in [0.4, 0.5) is 22.7 Å².